The van der Waals surface area contributed by atoms with Crippen LogP contribution in [0.15, 0.2) is 42.6 Å². The number of benzene rings is 1. The van der Waals surface area contributed by atoms with E-state index in [1.165, 1.54) is 0 Å². The van der Waals surface area contributed by atoms with Crippen LogP contribution in [0.5, 0.6) is 11.5 Å². The lowest BCUT2D eigenvalue weighted by molar-refractivity contribution is 0.0304. The van der Waals surface area contributed by atoms with Gasteiger partial charge in [0.05, 0.1) is 12.1 Å². The maximum absolute atomic E-state index is 13.2. The normalized spacial score (nSPS) is 27.4. The van der Waals surface area contributed by atoms with Crippen LogP contribution in [0.4, 0.5) is 5.82 Å². The number of fused-ring (bicyclic) bond motifs is 2. The van der Waals surface area contributed by atoms with Crippen molar-refractivity contribution in [1.29, 1.82) is 0 Å². The molecule has 0 bridgehead atoms. The molecule has 0 radical (unpaired) electrons. The fourth-order valence-corrected chi connectivity index (χ4v) is 4.99. The summed E-state index contributed by atoms with van der Waals surface area (Å²) >= 11 is 0. The number of rotatable bonds is 4. The molecule has 3 heterocycles. The third-order valence-corrected chi connectivity index (χ3v) is 6.49. The maximum Gasteiger partial charge on any atom is 0.254 e. The summed E-state index contributed by atoms with van der Waals surface area (Å²) in [4.78, 5) is 19.5. The lowest BCUT2D eigenvalue weighted by Crippen LogP contribution is -2.44. The molecule has 2 aliphatic heterocycles. The smallest absolute Gasteiger partial charge is 0.254 e. The lowest BCUT2D eigenvalue weighted by atomic mass is 9.77. The number of likely N-dealkylation sites (tertiary alicyclic amines) is 1. The average molecular weight is 409 g/mol. The number of amides is 1. The Bertz CT molecular complexity index is 907. The number of hydrogen-bond donors (Lipinski definition) is 1. The number of hydrogen-bond acceptors (Lipinski definition) is 6. The van der Waals surface area contributed by atoms with E-state index in [2.05, 4.69) is 10.3 Å². The van der Waals surface area contributed by atoms with E-state index in [1.54, 1.807) is 13.3 Å². The molecule has 158 valence electrons. The monoisotopic (exact) mass is 409 g/mol. The van der Waals surface area contributed by atoms with Crippen molar-refractivity contribution >= 4 is 11.7 Å². The molecule has 30 heavy (non-hydrogen) atoms. The van der Waals surface area contributed by atoms with Crippen LogP contribution in [0, 0.1) is 11.8 Å². The van der Waals surface area contributed by atoms with Gasteiger partial charge in [0.1, 0.15) is 19.0 Å². The Morgan fingerprint density at radius 2 is 1.90 bits per heavy atom. The number of ether oxygens (including phenoxy) is 3. The highest BCUT2D eigenvalue weighted by molar-refractivity contribution is 5.95. The zero-order valence-electron chi connectivity index (χ0n) is 17.1. The predicted molar refractivity (Wildman–Crippen MR) is 112 cm³/mol. The zero-order chi connectivity index (χ0) is 20.5. The first-order chi connectivity index (χ1) is 14.7. The standard InChI is InChI=1S/C23H27N3O4/c1-28-20-12-17-14-26(13-16(17)10-18(20)25-22-4-2-3-7-24-22)23(27)15-5-6-19-21(11-15)30-9-8-29-19/h2-7,11,16-18,20H,8-10,12-14H2,1H3,(H,24,25)/t16-,17+,18-,20-/m1/s1. The zero-order valence-corrected chi connectivity index (χ0v) is 17.1. The van der Waals surface area contributed by atoms with Crippen molar-refractivity contribution in [2.45, 2.75) is 25.0 Å². The van der Waals surface area contributed by atoms with E-state index in [0.29, 0.717) is 42.1 Å². The van der Waals surface area contributed by atoms with E-state index in [1.807, 2.05) is 41.3 Å². The number of carbonyl (C=O) groups excluding carboxylic acids is 1. The van der Waals surface area contributed by atoms with Crippen LogP contribution in [-0.2, 0) is 4.74 Å². The van der Waals surface area contributed by atoms with Crippen LogP contribution in [-0.4, -0.2) is 61.3 Å². The van der Waals surface area contributed by atoms with Gasteiger partial charge in [-0.2, -0.15) is 0 Å². The van der Waals surface area contributed by atoms with Gasteiger partial charge in [-0.1, -0.05) is 6.07 Å². The molecule has 1 saturated heterocycles. The summed E-state index contributed by atoms with van der Waals surface area (Å²) < 4.78 is 17.0. The van der Waals surface area contributed by atoms with Crippen LogP contribution in [0.3, 0.4) is 0 Å². The van der Waals surface area contributed by atoms with Crippen LogP contribution >= 0.6 is 0 Å². The summed E-state index contributed by atoms with van der Waals surface area (Å²) in [5.74, 6) is 3.20. The van der Waals surface area contributed by atoms with Crippen LogP contribution in [0.2, 0.25) is 0 Å². The van der Waals surface area contributed by atoms with E-state index in [9.17, 15) is 4.79 Å². The van der Waals surface area contributed by atoms with Gasteiger partial charge in [0.15, 0.2) is 11.5 Å². The molecule has 1 saturated carbocycles. The SMILES string of the molecule is CO[C@@H]1C[C@H]2CN(C(=O)c3ccc4c(c3)OCCO4)C[C@H]2C[C@H]1Nc1ccccn1. The fourth-order valence-electron chi connectivity index (χ4n) is 4.99. The number of aromatic nitrogens is 1. The summed E-state index contributed by atoms with van der Waals surface area (Å²) in [7, 11) is 1.77. The van der Waals surface area contributed by atoms with Crippen LogP contribution < -0.4 is 14.8 Å². The molecule has 4 atom stereocenters. The summed E-state index contributed by atoms with van der Waals surface area (Å²) in [5.41, 5.74) is 0.657. The van der Waals surface area contributed by atoms with E-state index in [0.717, 1.165) is 31.7 Å². The average Bonchev–Trinajstić information content (AvgIpc) is 3.21. The van der Waals surface area contributed by atoms with E-state index < -0.39 is 0 Å². The molecular formula is C23H27N3O4. The Morgan fingerprint density at radius 3 is 2.67 bits per heavy atom. The fraction of sp³-hybridized carbons (Fsp3) is 0.478. The van der Waals surface area contributed by atoms with E-state index in [4.69, 9.17) is 14.2 Å². The molecule has 1 aromatic carbocycles. The molecule has 0 unspecified atom stereocenters. The van der Waals surface area contributed by atoms with Crippen LogP contribution in [0.25, 0.3) is 0 Å². The molecule has 1 aliphatic carbocycles. The van der Waals surface area contributed by atoms with Crippen molar-refractivity contribution < 1.29 is 19.0 Å². The predicted octanol–water partition coefficient (Wildman–Crippen LogP) is 2.83. The van der Waals surface area contributed by atoms with Gasteiger partial charge in [0.25, 0.3) is 5.91 Å². The number of pyridine rings is 1. The second-order valence-corrected chi connectivity index (χ2v) is 8.30. The molecule has 2 aromatic rings. The molecule has 7 heteroatoms. The number of methoxy groups -OCH3 is 1. The Balaban J connectivity index is 1.28. The molecule has 1 amide bonds. The minimum atomic E-state index is 0.0598. The van der Waals surface area contributed by atoms with E-state index in [-0.39, 0.29) is 18.1 Å². The largest absolute Gasteiger partial charge is 0.486 e. The van der Waals surface area contributed by atoms with Crippen molar-refractivity contribution in [3.8, 4) is 11.5 Å². The quantitative estimate of drug-likeness (QED) is 0.837. The third kappa shape index (κ3) is 3.69. The molecule has 3 aliphatic rings. The topological polar surface area (TPSA) is 72.9 Å². The highest BCUT2D eigenvalue weighted by atomic mass is 16.6. The number of nitrogens with zero attached hydrogens (tertiary/aromatic N) is 2. The second-order valence-electron chi connectivity index (χ2n) is 8.30. The lowest BCUT2D eigenvalue weighted by Gasteiger charge is -2.37. The molecular weight excluding hydrogens is 382 g/mol. The van der Waals surface area contributed by atoms with Gasteiger partial charge < -0.3 is 24.4 Å². The molecule has 7 nitrogen and oxygen atoms in total. The number of anilines is 1. The van der Waals surface area contributed by atoms with Crippen molar-refractivity contribution in [3.63, 3.8) is 0 Å². The third-order valence-electron chi connectivity index (χ3n) is 6.49. The molecule has 5 rings (SSSR count). The van der Waals surface area contributed by atoms with Crippen molar-refractivity contribution in [1.82, 2.24) is 9.88 Å². The number of nitrogens with one attached hydrogen (secondary N) is 1. The summed E-state index contributed by atoms with van der Waals surface area (Å²) in [6.45, 7) is 2.61. The van der Waals surface area contributed by atoms with Gasteiger partial charge in [-0.3, -0.25) is 4.79 Å². The molecule has 2 fully saturated rings. The Hall–Kier alpha value is -2.80. The first kappa shape index (κ1) is 19.2. The van der Waals surface area contributed by atoms with Gasteiger partial charge in [-0.05, 0) is 55.0 Å². The summed E-state index contributed by atoms with van der Waals surface area (Å²) in [5, 5.41) is 3.53. The highest BCUT2D eigenvalue weighted by Gasteiger charge is 2.44. The first-order valence-corrected chi connectivity index (χ1v) is 10.6. The summed E-state index contributed by atoms with van der Waals surface area (Å²) in [6.07, 6.45) is 3.80. The van der Waals surface area contributed by atoms with Gasteiger partial charge in [-0.25, -0.2) is 4.98 Å². The maximum atomic E-state index is 13.2. The Labute approximate surface area is 176 Å². The van der Waals surface area contributed by atoms with Gasteiger partial charge >= 0.3 is 0 Å². The Kier molecular flexibility index (Phi) is 5.21. The van der Waals surface area contributed by atoms with Crippen LogP contribution in [0.1, 0.15) is 23.2 Å². The molecule has 0 spiro atoms. The molecule has 1 aromatic heterocycles. The summed E-state index contributed by atoms with van der Waals surface area (Å²) in [6, 6.07) is 11.5. The minimum Gasteiger partial charge on any atom is -0.486 e. The van der Waals surface area contributed by atoms with Gasteiger partial charge in [0.2, 0.25) is 0 Å². The second kappa shape index (κ2) is 8.14. The molecule has 1 N–H and O–H groups in total. The minimum absolute atomic E-state index is 0.0598. The highest BCUT2D eigenvalue weighted by Crippen LogP contribution is 2.39. The van der Waals surface area contributed by atoms with Crippen molar-refractivity contribution in [3.05, 3.63) is 48.2 Å². The number of carbonyl (C=O) groups is 1. The van der Waals surface area contributed by atoms with Gasteiger partial charge in [-0.15, -0.1) is 0 Å². The Morgan fingerprint density at radius 1 is 1.10 bits per heavy atom. The van der Waals surface area contributed by atoms with Gasteiger partial charge in [0, 0.05) is 32.0 Å². The van der Waals surface area contributed by atoms with Crippen molar-refractivity contribution in [2.75, 3.05) is 38.7 Å². The first-order valence-electron chi connectivity index (χ1n) is 10.6. The van der Waals surface area contributed by atoms with E-state index >= 15 is 0 Å². The van der Waals surface area contributed by atoms with Crippen molar-refractivity contribution in [2.24, 2.45) is 11.8 Å².